The molecule has 0 amide bonds. The van der Waals surface area contributed by atoms with Gasteiger partial charge in [-0.3, -0.25) is 4.90 Å². The Labute approximate surface area is 123 Å². The number of nitrogens with zero attached hydrogens (tertiary/aromatic N) is 2. The van der Waals surface area contributed by atoms with Crippen LogP contribution < -0.4 is 0 Å². The summed E-state index contributed by atoms with van der Waals surface area (Å²) in [6.07, 6.45) is -4.54. The van der Waals surface area contributed by atoms with E-state index in [9.17, 15) is 18.3 Å². The summed E-state index contributed by atoms with van der Waals surface area (Å²) in [5, 5.41) is 10.4. The normalized spacial score (nSPS) is 23.2. The number of halogens is 3. The van der Waals surface area contributed by atoms with Crippen LogP contribution in [0, 0.1) is 0 Å². The fourth-order valence-electron chi connectivity index (χ4n) is 2.67. The topological polar surface area (TPSA) is 26.7 Å². The Bertz CT molecular complexity index is 461. The van der Waals surface area contributed by atoms with Crippen LogP contribution in [0.15, 0.2) is 24.3 Å². The molecular weight excluding hydrogens is 281 g/mol. The number of likely N-dealkylation sites (N-methyl/N-ethyl adjacent to an activating group) is 2. The summed E-state index contributed by atoms with van der Waals surface area (Å²) in [5.41, 5.74) is 0.0624. The predicted octanol–water partition coefficient (Wildman–Crippen LogP) is 1.85. The van der Waals surface area contributed by atoms with Gasteiger partial charge in [-0.05, 0) is 38.2 Å². The van der Waals surface area contributed by atoms with Crippen LogP contribution in [0.2, 0.25) is 0 Å². The van der Waals surface area contributed by atoms with Crippen molar-refractivity contribution in [3.63, 3.8) is 0 Å². The largest absolute Gasteiger partial charge is 0.416 e. The maximum Gasteiger partial charge on any atom is 0.416 e. The highest BCUT2D eigenvalue weighted by atomic mass is 19.4. The summed E-state index contributed by atoms with van der Waals surface area (Å²) in [7, 11) is 3.97. The average molecular weight is 302 g/mol. The van der Waals surface area contributed by atoms with Crippen LogP contribution in [0.5, 0.6) is 0 Å². The first-order valence-corrected chi connectivity index (χ1v) is 7.00. The first kappa shape index (κ1) is 16.3. The fraction of sp³-hybridized carbons (Fsp3) is 0.600. The van der Waals surface area contributed by atoms with E-state index in [1.54, 1.807) is 0 Å². The van der Waals surface area contributed by atoms with E-state index in [1.165, 1.54) is 12.1 Å². The van der Waals surface area contributed by atoms with Gasteiger partial charge in [0.15, 0.2) is 0 Å². The molecule has 1 fully saturated rings. The standard InChI is InChI=1S/C15H21F3N2O/c1-19-7-8-20(2)13(10-19)14(21)9-11-3-5-12(6-4-11)15(16,17)18/h3-6,13-14,21H,7-10H2,1-2H3. The number of aliphatic hydroxyl groups excluding tert-OH is 1. The second-order valence-electron chi connectivity index (χ2n) is 5.78. The van der Waals surface area contributed by atoms with Crippen molar-refractivity contribution >= 4 is 0 Å². The van der Waals surface area contributed by atoms with Crippen LogP contribution in [0.25, 0.3) is 0 Å². The van der Waals surface area contributed by atoms with Crippen molar-refractivity contribution in [3.8, 4) is 0 Å². The first-order valence-electron chi connectivity index (χ1n) is 7.00. The zero-order valence-electron chi connectivity index (χ0n) is 12.3. The molecule has 1 N–H and O–H groups in total. The number of piperazine rings is 1. The number of rotatable bonds is 3. The number of hydrogen-bond acceptors (Lipinski definition) is 3. The molecule has 6 heteroatoms. The molecule has 0 saturated carbocycles. The maximum atomic E-state index is 12.5. The highest BCUT2D eigenvalue weighted by molar-refractivity contribution is 5.25. The van der Waals surface area contributed by atoms with Gasteiger partial charge < -0.3 is 10.0 Å². The molecule has 0 aliphatic carbocycles. The Kier molecular flexibility index (Phi) is 4.91. The number of alkyl halides is 3. The van der Waals surface area contributed by atoms with Gasteiger partial charge in [0, 0.05) is 25.7 Å². The lowest BCUT2D eigenvalue weighted by atomic mass is 9.98. The van der Waals surface area contributed by atoms with Crippen molar-refractivity contribution in [1.82, 2.24) is 9.80 Å². The Hall–Kier alpha value is -1.11. The van der Waals surface area contributed by atoms with Gasteiger partial charge in [-0.2, -0.15) is 13.2 Å². The highest BCUT2D eigenvalue weighted by Gasteiger charge is 2.31. The molecule has 2 rings (SSSR count). The molecule has 21 heavy (non-hydrogen) atoms. The van der Waals surface area contributed by atoms with Crippen LogP contribution in [-0.2, 0) is 12.6 Å². The molecule has 118 valence electrons. The van der Waals surface area contributed by atoms with E-state index in [4.69, 9.17) is 0 Å². The molecule has 0 bridgehead atoms. The molecule has 2 atom stereocenters. The Morgan fingerprint density at radius 3 is 2.38 bits per heavy atom. The molecule has 0 radical (unpaired) electrons. The Morgan fingerprint density at radius 2 is 1.81 bits per heavy atom. The van der Waals surface area contributed by atoms with Gasteiger partial charge in [0.25, 0.3) is 0 Å². The van der Waals surface area contributed by atoms with Crippen LogP contribution in [-0.4, -0.2) is 60.8 Å². The zero-order chi connectivity index (χ0) is 15.6. The second kappa shape index (κ2) is 6.34. The van der Waals surface area contributed by atoms with Crippen LogP contribution >= 0.6 is 0 Å². The SMILES string of the molecule is CN1CCN(C)C(C(O)Cc2ccc(C(F)(F)F)cc2)C1. The summed E-state index contributed by atoms with van der Waals surface area (Å²) < 4.78 is 37.5. The molecule has 0 aromatic heterocycles. The van der Waals surface area contributed by atoms with E-state index >= 15 is 0 Å². The van der Waals surface area contributed by atoms with E-state index in [1.807, 2.05) is 14.1 Å². The highest BCUT2D eigenvalue weighted by Crippen LogP contribution is 2.29. The molecule has 1 aromatic carbocycles. The smallest absolute Gasteiger partial charge is 0.391 e. The van der Waals surface area contributed by atoms with Crippen LogP contribution in [0.3, 0.4) is 0 Å². The molecule has 1 heterocycles. The third-order valence-electron chi connectivity index (χ3n) is 4.07. The number of aliphatic hydroxyl groups is 1. The van der Waals surface area contributed by atoms with E-state index < -0.39 is 17.8 Å². The minimum absolute atomic E-state index is 0.00560. The van der Waals surface area contributed by atoms with Crippen molar-refractivity contribution in [3.05, 3.63) is 35.4 Å². The van der Waals surface area contributed by atoms with Gasteiger partial charge in [0.1, 0.15) is 0 Å². The summed E-state index contributed by atoms with van der Waals surface area (Å²) >= 11 is 0. The average Bonchev–Trinajstić information content (AvgIpc) is 2.41. The van der Waals surface area contributed by atoms with Crippen molar-refractivity contribution < 1.29 is 18.3 Å². The van der Waals surface area contributed by atoms with Gasteiger partial charge in [0.2, 0.25) is 0 Å². The lowest BCUT2D eigenvalue weighted by Gasteiger charge is -2.40. The third kappa shape index (κ3) is 4.18. The molecule has 0 spiro atoms. The van der Waals surface area contributed by atoms with Crippen molar-refractivity contribution in [2.24, 2.45) is 0 Å². The van der Waals surface area contributed by atoms with E-state index in [2.05, 4.69) is 9.80 Å². The van der Waals surface area contributed by atoms with Gasteiger partial charge in [-0.15, -0.1) is 0 Å². The van der Waals surface area contributed by atoms with Crippen molar-refractivity contribution in [2.45, 2.75) is 24.7 Å². The molecule has 2 unspecified atom stereocenters. The monoisotopic (exact) mass is 302 g/mol. The van der Waals surface area contributed by atoms with Gasteiger partial charge in [-0.1, -0.05) is 12.1 Å². The van der Waals surface area contributed by atoms with Crippen LogP contribution in [0.4, 0.5) is 13.2 Å². The second-order valence-corrected chi connectivity index (χ2v) is 5.78. The Balaban J connectivity index is 2.00. The molecule has 1 aliphatic rings. The lowest BCUT2D eigenvalue weighted by molar-refractivity contribution is -0.137. The minimum atomic E-state index is -4.32. The fourth-order valence-corrected chi connectivity index (χ4v) is 2.67. The summed E-state index contributed by atoms with van der Waals surface area (Å²) in [6, 6.07) is 5.03. The lowest BCUT2D eigenvalue weighted by Crippen LogP contribution is -2.55. The molecular formula is C15H21F3N2O. The van der Waals surface area contributed by atoms with Crippen molar-refractivity contribution in [2.75, 3.05) is 33.7 Å². The van der Waals surface area contributed by atoms with Gasteiger partial charge >= 0.3 is 6.18 Å². The summed E-state index contributed by atoms with van der Waals surface area (Å²) in [6.45, 7) is 2.60. The van der Waals surface area contributed by atoms with E-state index in [-0.39, 0.29) is 6.04 Å². The predicted molar refractivity (Wildman–Crippen MR) is 75.1 cm³/mol. The van der Waals surface area contributed by atoms with Gasteiger partial charge in [0.05, 0.1) is 11.7 Å². The third-order valence-corrected chi connectivity index (χ3v) is 4.07. The van der Waals surface area contributed by atoms with Gasteiger partial charge in [-0.25, -0.2) is 0 Å². The molecule has 1 saturated heterocycles. The summed E-state index contributed by atoms with van der Waals surface area (Å²) in [4.78, 5) is 4.26. The maximum absolute atomic E-state index is 12.5. The van der Waals surface area contributed by atoms with Crippen LogP contribution in [0.1, 0.15) is 11.1 Å². The molecule has 1 aliphatic heterocycles. The quantitative estimate of drug-likeness (QED) is 0.923. The van der Waals surface area contributed by atoms with Crippen molar-refractivity contribution in [1.29, 1.82) is 0 Å². The molecule has 1 aromatic rings. The Morgan fingerprint density at radius 1 is 1.19 bits per heavy atom. The molecule has 3 nitrogen and oxygen atoms in total. The number of hydrogen-bond donors (Lipinski definition) is 1. The zero-order valence-corrected chi connectivity index (χ0v) is 12.3. The number of benzene rings is 1. The van der Waals surface area contributed by atoms with E-state index in [0.29, 0.717) is 6.42 Å². The first-order chi connectivity index (χ1) is 9.77. The van der Waals surface area contributed by atoms with E-state index in [0.717, 1.165) is 37.3 Å². The minimum Gasteiger partial charge on any atom is -0.391 e. The summed E-state index contributed by atoms with van der Waals surface area (Å²) in [5.74, 6) is 0.